The first-order valence-corrected chi connectivity index (χ1v) is 10.6. The van der Waals surface area contributed by atoms with Gasteiger partial charge in [-0.15, -0.1) is 0 Å². The molecule has 7 nitrogen and oxygen atoms in total. The molecule has 154 valence electrons. The van der Waals surface area contributed by atoms with E-state index in [4.69, 9.17) is 4.52 Å². The van der Waals surface area contributed by atoms with Gasteiger partial charge >= 0.3 is 0 Å². The molecule has 1 aliphatic carbocycles. The molecule has 3 aromatic rings. The molecule has 0 unspecified atom stereocenters. The number of nitrogens with one attached hydrogen (secondary N) is 1. The molecule has 5 rings (SSSR count). The number of piperidine rings is 1. The lowest BCUT2D eigenvalue weighted by Gasteiger charge is -2.32. The molecule has 7 heteroatoms. The van der Waals surface area contributed by atoms with Crippen LogP contribution in [0.5, 0.6) is 0 Å². The monoisotopic (exact) mass is 403 g/mol. The van der Waals surface area contributed by atoms with Crippen LogP contribution in [0.3, 0.4) is 0 Å². The lowest BCUT2D eigenvalue weighted by molar-refractivity contribution is -0.125. The predicted octanol–water partition coefficient (Wildman–Crippen LogP) is 3.60. The van der Waals surface area contributed by atoms with E-state index in [1.807, 2.05) is 43.3 Å². The van der Waals surface area contributed by atoms with Gasteiger partial charge in [0.25, 0.3) is 5.89 Å². The number of amides is 1. The lowest BCUT2D eigenvalue weighted by atomic mass is 9.95. The molecular formula is C23H25N5O2. The maximum absolute atomic E-state index is 12.4. The zero-order valence-electron chi connectivity index (χ0n) is 17.0. The van der Waals surface area contributed by atoms with E-state index in [1.54, 1.807) is 6.20 Å². The van der Waals surface area contributed by atoms with Gasteiger partial charge in [-0.05, 0) is 44.7 Å². The van der Waals surface area contributed by atoms with Crippen molar-refractivity contribution >= 4 is 11.7 Å². The lowest BCUT2D eigenvalue weighted by Crippen LogP contribution is -2.41. The molecule has 1 aliphatic heterocycles. The summed E-state index contributed by atoms with van der Waals surface area (Å²) in [5.41, 5.74) is 2.93. The van der Waals surface area contributed by atoms with E-state index in [0.29, 0.717) is 17.8 Å². The Bertz CT molecular complexity index is 1030. The Balaban J connectivity index is 1.32. The molecule has 1 saturated heterocycles. The number of aromatic nitrogens is 3. The highest BCUT2D eigenvalue weighted by Crippen LogP contribution is 2.32. The fourth-order valence-electron chi connectivity index (χ4n) is 3.87. The minimum atomic E-state index is 0.0885. The summed E-state index contributed by atoms with van der Waals surface area (Å²) in [5, 5.41) is 7.29. The van der Waals surface area contributed by atoms with Crippen LogP contribution < -0.4 is 10.2 Å². The van der Waals surface area contributed by atoms with Crippen molar-refractivity contribution in [2.24, 2.45) is 5.92 Å². The second-order valence-electron chi connectivity index (χ2n) is 8.21. The van der Waals surface area contributed by atoms with Crippen LogP contribution in [0.4, 0.5) is 5.82 Å². The third-order valence-corrected chi connectivity index (χ3v) is 5.84. The second kappa shape index (κ2) is 7.89. The minimum absolute atomic E-state index is 0.0885. The molecule has 0 bridgehead atoms. The fraction of sp³-hybridized carbons (Fsp3) is 0.391. The number of nitrogens with zero attached hydrogens (tertiary/aromatic N) is 4. The Morgan fingerprint density at radius 2 is 1.87 bits per heavy atom. The van der Waals surface area contributed by atoms with Crippen molar-refractivity contribution in [3.8, 4) is 22.8 Å². The van der Waals surface area contributed by atoms with E-state index >= 15 is 0 Å². The smallest absolute Gasteiger partial charge is 0.261 e. The van der Waals surface area contributed by atoms with E-state index in [1.165, 1.54) is 5.56 Å². The molecular weight excluding hydrogens is 378 g/mol. The number of anilines is 1. The number of aryl methyl sites for hydroxylation is 1. The van der Waals surface area contributed by atoms with Crippen LogP contribution in [0.2, 0.25) is 0 Å². The van der Waals surface area contributed by atoms with Crippen molar-refractivity contribution in [1.29, 1.82) is 0 Å². The van der Waals surface area contributed by atoms with Gasteiger partial charge in [-0.2, -0.15) is 4.98 Å². The van der Waals surface area contributed by atoms with Crippen molar-refractivity contribution < 1.29 is 9.32 Å². The van der Waals surface area contributed by atoms with Crippen LogP contribution in [0.15, 0.2) is 47.1 Å². The van der Waals surface area contributed by atoms with Crippen molar-refractivity contribution in [2.45, 2.75) is 38.6 Å². The number of benzene rings is 1. The van der Waals surface area contributed by atoms with Crippen molar-refractivity contribution in [2.75, 3.05) is 18.0 Å². The topological polar surface area (TPSA) is 84.2 Å². The molecule has 2 aliphatic rings. The molecule has 1 N–H and O–H groups in total. The molecule has 3 heterocycles. The first-order valence-electron chi connectivity index (χ1n) is 10.6. The second-order valence-corrected chi connectivity index (χ2v) is 8.21. The quantitative estimate of drug-likeness (QED) is 0.701. The molecule has 0 radical (unpaired) electrons. The fourth-order valence-corrected chi connectivity index (χ4v) is 3.87. The number of rotatable bonds is 5. The number of pyridine rings is 1. The van der Waals surface area contributed by atoms with Gasteiger partial charge in [0.05, 0.1) is 5.56 Å². The Kier molecular flexibility index (Phi) is 4.94. The molecule has 0 atom stereocenters. The summed E-state index contributed by atoms with van der Waals surface area (Å²) in [4.78, 5) is 23.8. The van der Waals surface area contributed by atoms with Gasteiger partial charge in [-0.25, -0.2) is 4.98 Å². The van der Waals surface area contributed by atoms with E-state index in [0.717, 1.165) is 55.7 Å². The minimum Gasteiger partial charge on any atom is -0.356 e. The average molecular weight is 403 g/mol. The van der Waals surface area contributed by atoms with Gasteiger partial charge in [0.2, 0.25) is 11.7 Å². The van der Waals surface area contributed by atoms with Crippen molar-refractivity contribution in [1.82, 2.24) is 20.4 Å². The van der Waals surface area contributed by atoms with Crippen LogP contribution in [-0.2, 0) is 4.79 Å². The Hall–Kier alpha value is -3.22. The number of hydrogen-bond donors (Lipinski definition) is 1. The molecule has 2 fully saturated rings. The van der Waals surface area contributed by atoms with Crippen LogP contribution in [0, 0.1) is 12.8 Å². The van der Waals surface area contributed by atoms with E-state index in [2.05, 4.69) is 25.3 Å². The van der Waals surface area contributed by atoms with E-state index in [9.17, 15) is 4.79 Å². The maximum Gasteiger partial charge on any atom is 0.261 e. The standard InChI is InChI=1S/C23H25N5O2/c1-15-4-6-16(7-5-15)20-26-23(30-27-20)19-3-2-12-24-21(19)28-13-10-17(11-14-28)22(29)25-18-8-9-18/h2-7,12,17-18H,8-11,13-14H2,1H3,(H,25,29). The Labute approximate surface area is 175 Å². The van der Waals surface area contributed by atoms with Gasteiger partial charge in [0, 0.05) is 36.8 Å². The maximum atomic E-state index is 12.4. The zero-order valence-corrected chi connectivity index (χ0v) is 17.0. The first-order chi connectivity index (χ1) is 14.7. The highest BCUT2D eigenvalue weighted by Gasteiger charge is 2.31. The summed E-state index contributed by atoms with van der Waals surface area (Å²) >= 11 is 0. The predicted molar refractivity (Wildman–Crippen MR) is 114 cm³/mol. The van der Waals surface area contributed by atoms with Crippen molar-refractivity contribution in [3.63, 3.8) is 0 Å². The third-order valence-electron chi connectivity index (χ3n) is 5.84. The molecule has 1 aromatic carbocycles. The summed E-state index contributed by atoms with van der Waals surface area (Å²) < 4.78 is 5.58. The highest BCUT2D eigenvalue weighted by atomic mass is 16.5. The van der Waals surface area contributed by atoms with Gasteiger partial charge in [-0.3, -0.25) is 4.79 Å². The largest absolute Gasteiger partial charge is 0.356 e. The van der Waals surface area contributed by atoms with Gasteiger partial charge in [-0.1, -0.05) is 35.0 Å². The van der Waals surface area contributed by atoms with Crippen LogP contribution in [0.25, 0.3) is 22.8 Å². The Morgan fingerprint density at radius 3 is 2.60 bits per heavy atom. The van der Waals surface area contributed by atoms with Gasteiger partial charge in [0.15, 0.2) is 0 Å². The molecule has 0 spiro atoms. The summed E-state index contributed by atoms with van der Waals surface area (Å²) in [7, 11) is 0. The zero-order chi connectivity index (χ0) is 20.5. The van der Waals surface area contributed by atoms with Crippen molar-refractivity contribution in [3.05, 3.63) is 48.2 Å². The van der Waals surface area contributed by atoms with E-state index in [-0.39, 0.29) is 11.8 Å². The molecule has 1 saturated carbocycles. The molecule has 30 heavy (non-hydrogen) atoms. The first kappa shape index (κ1) is 18.8. The summed E-state index contributed by atoms with van der Waals surface area (Å²) in [6.45, 7) is 3.61. The number of hydrogen-bond acceptors (Lipinski definition) is 6. The summed E-state index contributed by atoms with van der Waals surface area (Å²) in [5.74, 6) is 2.15. The number of carbonyl (C=O) groups is 1. The normalized spacial score (nSPS) is 17.2. The SMILES string of the molecule is Cc1ccc(-c2noc(-c3cccnc3N3CCC(C(=O)NC4CC4)CC3)n2)cc1. The molecule has 2 aromatic heterocycles. The summed E-state index contributed by atoms with van der Waals surface area (Å²) in [6.07, 6.45) is 5.68. The number of carbonyl (C=O) groups excluding carboxylic acids is 1. The van der Waals surface area contributed by atoms with Crippen LogP contribution in [-0.4, -0.2) is 40.2 Å². The third kappa shape index (κ3) is 3.92. The van der Waals surface area contributed by atoms with Gasteiger partial charge in [0.1, 0.15) is 5.82 Å². The van der Waals surface area contributed by atoms with Crippen LogP contribution >= 0.6 is 0 Å². The average Bonchev–Trinajstić information content (AvgIpc) is 3.46. The Morgan fingerprint density at radius 1 is 1.10 bits per heavy atom. The summed E-state index contributed by atoms with van der Waals surface area (Å²) in [6, 6.07) is 12.3. The van der Waals surface area contributed by atoms with Gasteiger partial charge < -0.3 is 14.7 Å². The molecule has 1 amide bonds. The van der Waals surface area contributed by atoms with E-state index < -0.39 is 0 Å². The van der Waals surface area contributed by atoms with Crippen LogP contribution in [0.1, 0.15) is 31.2 Å². The highest BCUT2D eigenvalue weighted by molar-refractivity contribution is 5.80.